The fourth-order valence-electron chi connectivity index (χ4n) is 2.85. The number of oxazole rings is 1. The molecule has 4 heteroatoms. The van der Waals surface area contributed by atoms with Crippen LogP contribution in [0.4, 0.5) is 0 Å². The monoisotopic (exact) mass is 234 g/mol. The predicted octanol–water partition coefficient (Wildman–Crippen LogP) is 1.95. The van der Waals surface area contributed by atoms with Crippen LogP contribution in [0.2, 0.25) is 0 Å². The minimum absolute atomic E-state index is 0.172. The highest BCUT2D eigenvalue weighted by Crippen LogP contribution is 2.54. The van der Waals surface area contributed by atoms with Crippen molar-refractivity contribution in [3.63, 3.8) is 0 Å². The van der Waals surface area contributed by atoms with E-state index in [2.05, 4.69) is 10.3 Å². The van der Waals surface area contributed by atoms with Gasteiger partial charge in [0.1, 0.15) is 5.76 Å². The third-order valence-electron chi connectivity index (χ3n) is 4.10. The summed E-state index contributed by atoms with van der Waals surface area (Å²) in [5, 5.41) is 2.93. The number of aryl methyl sites for hydroxylation is 2. The topological polar surface area (TPSA) is 55.1 Å². The number of aromatic nitrogens is 1. The van der Waals surface area contributed by atoms with E-state index in [-0.39, 0.29) is 11.8 Å². The van der Waals surface area contributed by atoms with Gasteiger partial charge >= 0.3 is 0 Å². The average Bonchev–Trinajstić information content (AvgIpc) is 2.77. The first kappa shape index (κ1) is 10.8. The van der Waals surface area contributed by atoms with Crippen LogP contribution in [0.15, 0.2) is 4.42 Å². The van der Waals surface area contributed by atoms with Crippen molar-refractivity contribution in [3.8, 4) is 0 Å². The minimum Gasteiger partial charge on any atom is -0.444 e. The number of nitrogens with zero attached hydrogens (tertiary/aromatic N) is 1. The molecule has 17 heavy (non-hydrogen) atoms. The van der Waals surface area contributed by atoms with Gasteiger partial charge in [0.05, 0.1) is 12.2 Å². The molecule has 2 atom stereocenters. The molecule has 0 spiro atoms. The van der Waals surface area contributed by atoms with Crippen molar-refractivity contribution in [2.75, 3.05) is 0 Å². The highest BCUT2D eigenvalue weighted by atomic mass is 16.4. The maximum absolute atomic E-state index is 11.9. The second-order valence-electron chi connectivity index (χ2n) is 5.39. The van der Waals surface area contributed by atoms with Gasteiger partial charge in [-0.1, -0.05) is 0 Å². The first-order chi connectivity index (χ1) is 8.13. The maximum Gasteiger partial charge on any atom is 0.223 e. The van der Waals surface area contributed by atoms with Crippen molar-refractivity contribution in [1.82, 2.24) is 10.3 Å². The molecule has 1 amide bonds. The van der Waals surface area contributed by atoms with Crippen molar-refractivity contribution >= 4 is 5.91 Å². The highest BCUT2D eigenvalue weighted by molar-refractivity contribution is 5.79. The van der Waals surface area contributed by atoms with Crippen molar-refractivity contribution in [2.45, 2.75) is 39.7 Å². The second-order valence-corrected chi connectivity index (χ2v) is 5.39. The molecule has 0 radical (unpaired) electrons. The van der Waals surface area contributed by atoms with Crippen LogP contribution in [0.1, 0.15) is 36.6 Å². The van der Waals surface area contributed by atoms with Gasteiger partial charge in [-0.2, -0.15) is 0 Å². The Labute approximate surface area is 101 Å². The van der Waals surface area contributed by atoms with E-state index in [9.17, 15) is 4.79 Å². The van der Waals surface area contributed by atoms with E-state index in [1.807, 2.05) is 13.8 Å². The Kier molecular flexibility index (Phi) is 2.45. The van der Waals surface area contributed by atoms with Gasteiger partial charge in [0, 0.05) is 5.92 Å². The molecule has 1 aromatic rings. The largest absolute Gasteiger partial charge is 0.444 e. The molecule has 1 heterocycles. The first-order valence-corrected chi connectivity index (χ1v) is 6.34. The van der Waals surface area contributed by atoms with E-state index in [1.165, 1.54) is 6.42 Å². The van der Waals surface area contributed by atoms with Crippen LogP contribution in [0, 0.1) is 31.6 Å². The Hall–Kier alpha value is -1.32. The van der Waals surface area contributed by atoms with Gasteiger partial charge in [0.25, 0.3) is 0 Å². The SMILES string of the molecule is Cc1nc(CNC(=O)C2CC3CC3C2)oc1C. The molecule has 0 aromatic carbocycles. The van der Waals surface area contributed by atoms with Gasteiger partial charge in [0.15, 0.2) is 0 Å². The summed E-state index contributed by atoms with van der Waals surface area (Å²) in [7, 11) is 0. The van der Waals surface area contributed by atoms with E-state index in [0.29, 0.717) is 12.4 Å². The molecule has 2 unspecified atom stereocenters. The summed E-state index contributed by atoms with van der Waals surface area (Å²) in [6, 6.07) is 0. The van der Waals surface area contributed by atoms with Gasteiger partial charge in [-0.15, -0.1) is 0 Å². The molecule has 0 bridgehead atoms. The molecule has 2 aliphatic carbocycles. The Bertz CT molecular complexity index is 423. The number of hydrogen-bond acceptors (Lipinski definition) is 3. The average molecular weight is 234 g/mol. The Balaban J connectivity index is 1.52. The van der Waals surface area contributed by atoms with Crippen LogP contribution in [0.3, 0.4) is 0 Å². The van der Waals surface area contributed by atoms with Crippen LogP contribution >= 0.6 is 0 Å². The maximum atomic E-state index is 11.9. The lowest BCUT2D eigenvalue weighted by Gasteiger charge is -2.10. The third kappa shape index (κ3) is 2.08. The highest BCUT2D eigenvalue weighted by Gasteiger charge is 2.47. The number of fused-ring (bicyclic) bond motifs is 1. The fourth-order valence-corrected chi connectivity index (χ4v) is 2.85. The van der Waals surface area contributed by atoms with Gasteiger partial charge in [-0.3, -0.25) is 4.79 Å². The zero-order valence-corrected chi connectivity index (χ0v) is 10.3. The molecule has 2 aliphatic rings. The number of hydrogen-bond donors (Lipinski definition) is 1. The lowest BCUT2D eigenvalue weighted by atomic mass is 10.0. The minimum atomic E-state index is 0.172. The molecule has 92 valence electrons. The van der Waals surface area contributed by atoms with Crippen molar-refractivity contribution in [1.29, 1.82) is 0 Å². The van der Waals surface area contributed by atoms with Crippen LogP contribution < -0.4 is 5.32 Å². The van der Waals surface area contributed by atoms with Crippen molar-refractivity contribution < 1.29 is 9.21 Å². The van der Waals surface area contributed by atoms with Crippen LogP contribution in [-0.4, -0.2) is 10.9 Å². The van der Waals surface area contributed by atoms with E-state index in [0.717, 1.165) is 36.1 Å². The molecule has 2 saturated carbocycles. The molecule has 2 fully saturated rings. The summed E-state index contributed by atoms with van der Waals surface area (Å²) in [5.41, 5.74) is 0.899. The lowest BCUT2D eigenvalue weighted by molar-refractivity contribution is -0.125. The zero-order chi connectivity index (χ0) is 12.0. The van der Waals surface area contributed by atoms with E-state index in [4.69, 9.17) is 4.42 Å². The first-order valence-electron chi connectivity index (χ1n) is 6.34. The van der Waals surface area contributed by atoms with E-state index in [1.54, 1.807) is 0 Å². The normalized spacial score (nSPS) is 30.1. The summed E-state index contributed by atoms with van der Waals surface area (Å²) >= 11 is 0. The molecule has 3 rings (SSSR count). The molecular formula is C13H18N2O2. The van der Waals surface area contributed by atoms with E-state index >= 15 is 0 Å². The number of carbonyl (C=O) groups excluding carboxylic acids is 1. The predicted molar refractivity (Wildman–Crippen MR) is 62.1 cm³/mol. The van der Waals surface area contributed by atoms with Crippen LogP contribution in [0.5, 0.6) is 0 Å². The molecule has 0 saturated heterocycles. The molecule has 1 N–H and O–H groups in total. The van der Waals surface area contributed by atoms with Gasteiger partial charge < -0.3 is 9.73 Å². The molecule has 4 nitrogen and oxygen atoms in total. The number of rotatable bonds is 3. The van der Waals surface area contributed by atoms with Crippen LogP contribution in [-0.2, 0) is 11.3 Å². The van der Waals surface area contributed by atoms with Crippen molar-refractivity contribution in [3.05, 3.63) is 17.3 Å². The molecular weight excluding hydrogens is 216 g/mol. The van der Waals surface area contributed by atoms with Gasteiger partial charge in [-0.05, 0) is 44.9 Å². The lowest BCUT2D eigenvalue weighted by Crippen LogP contribution is -2.29. The van der Waals surface area contributed by atoms with E-state index < -0.39 is 0 Å². The van der Waals surface area contributed by atoms with Gasteiger partial charge in [0.2, 0.25) is 11.8 Å². The Morgan fingerprint density at radius 2 is 2.06 bits per heavy atom. The summed E-state index contributed by atoms with van der Waals surface area (Å²) in [6.07, 6.45) is 3.52. The third-order valence-corrected chi connectivity index (χ3v) is 4.10. The number of nitrogens with one attached hydrogen (secondary N) is 1. The summed E-state index contributed by atoms with van der Waals surface area (Å²) in [4.78, 5) is 16.1. The summed E-state index contributed by atoms with van der Waals surface area (Å²) in [5.74, 6) is 3.53. The quantitative estimate of drug-likeness (QED) is 0.869. The summed E-state index contributed by atoms with van der Waals surface area (Å²) in [6.45, 7) is 4.21. The smallest absolute Gasteiger partial charge is 0.223 e. The Morgan fingerprint density at radius 1 is 1.35 bits per heavy atom. The number of carbonyl (C=O) groups is 1. The Morgan fingerprint density at radius 3 is 2.65 bits per heavy atom. The summed E-state index contributed by atoms with van der Waals surface area (Å²) < 4.78 is 5.43. The molecule has 0 aliphatic heterocycles. The van der Waals surface area contributed by atoms with Crippen LogP contribution in [0.25, 0.3) is 0 Å². The second kappa shape index (κ2) is 3.86. The van der Waals surface area contributed by atoms with Crippen molar-refractivity contribution in [2.24, 2.45) is 17.8 Å². The number of amides is 1. The van der Waals surface area contributed by atoms with Gasteiger partial charge in [-0.25, -0.2) is 4.98 Å². The standard InChI is InChI=1S/C13H18N2O2/c1-7-8(2)17-12(15-7)6-14-13(16)11-4-9-3-10(9)5-11/h9-11H,3-6H2,1-2H3,(H,14,16). The zero-order valence-electron chi connectivity index (χ0n) is 10.3. The fraction of sp³-hybridized carbons (Fsp3) is 0.692. The molecule has 1 aromatic heterocycles.